The van der Waals surface area contributed by atoms with Gasteiger partial charge in [0.2, 0.25) is 0 Å². The van der Waals surface area contributed by atoms with Crippen LogP contribution in [0.3, 0.4) is 0 Å². The molecular weight excluding hydrogens is 269 g/mol. The van der Waals surface area contributed by atoms with Gasteiger partial charge < -0.3 is 9.84 Å². The van der Waals surface area contributed by atoms with E-state index in [0.717, 1.165) is 0 Å². The number of carboxylic acids is 1. The van der Waals surface area contributed by atoms with E-state index in [4.69, 9.17) is 9.90 Å². The number of hydrogen-bond acceptors (Lipinski definition) is 4. The number of hydrogen-bond donors (Lipinski definition) is 2. The minimum atomic E-state index is -5.08. The highest BCUT2D eigenvalue weighted by molar-refractivity contribution is 5.76. The van der Waals surface area contributed by atoms with E-state index in [0.29, 0.717) is 0 Å². The van der Waals surface area contributed by atoms with Gasteiger partial charge in [0.1, 0.15) is 6.04 Å². The number of rotatable bonds is 1. The summed E-state index contributed by atoms with van der Waals surface area (Å²) in [6, 6.07) is -0.838. The molecule has 0 aliphatic carbocycles. The second kappa shape index (κ2) is 5.94. The van der Waals surface area contributed by atoms with E-state index in [1.54, 1.807) is 0 Å². The highest BCUT2D eigenvalue weighted by Crippen LogP contribution is 2.25. The SMILES string of the molecule is COC(=O)[C@@H]1CC(F)(F)CN1.O=C(O)C(F)(F)F. The van der Waals surface area contributed by atoms with Crippen molar-refractivity contribution in [2.24, 2.45) is 0 Å². The van der Waals surface area contributed by atoms with Gasteiger partial charge in [-0.25, -0.2) is 13.6 Å². The number of esters is 1. The van der Waals surface area contributed by atoms with Gasteiger partial charge in [0.25, 0.3) is 5.92 Å². The molecule has 18 heavy (non-hydrogen) atoms. The molecule has 1 aliphatic heterocycles. The van der Waals surface area contributed by atoms with E-state index >= 15 is 0 Å². The van der Waals surface area contributed by atoms with Gasteiger partial charge in [-0.15, -0.1) is 0 Å². The monoisotopic (exact) mass is 279 g/mol. The smallest absolute Gasteiger partial charge is 0.475 e. The summed E-state index contributed by atoms with van der Waals surface area (Å²) in [7, 11) is 1.18. The zero-order chi connectivity index (χ0) is 14.6. The number of carbonyl (C=O) groups is 2. The molecule has 1 heterocycles. The van der Waals surface area contributed by atoms with Crippen LogP contribution in [0.1, 0.15) is 6.42 Å². The zero-order valence-corrected chi connectivity index (χ0v) is 9.05. The Morgan fingerprint density at radius 3 is 2.06 bits per heavy atom. The zero-order valence-electron chi connectivity index (χ0n) is 9.05. The average molecular weight is 279 g/mol. The van der Waals surface area contributed by atoms with Crippen molar-refractivity contribution in [3.8, 4) is 0 Å². The molecule has 0 saturated carbocycles. The van der Waals surface area contributed by atoms with E-state index in [2.05, 4.69) is 10.1 Å². The summed E-state index contributed by atoms with van der Waals surface area (Å²) >= 11 is 0. The summed E-state index contributed by atoms with van der Waals surface area (Å²) in [6.45, 7) is -0.438. The van der Waals surface area contributed by atoms with Gasteiger partial charge in [0.05, 0.1) is 13.7 Å². The Morgan fingerprint density at radius 2 is 1.83 bits per heavy atom. The first kappa shape index (κ1) is 16.6. The van der Waals surface area contributed by atoms with Crippen molar-refractivity contribution in [2.45, 2.75) is 24.6 Å². The van der Waals surface area contributed by atoms with Crippen LogP contribution in [0.2, 0.25) is 0 Å². The number of halogens is 5. The Morgan fingerprint density at radius 1 is 1.39 bits per heavy atom. The van der Waals surface area contributed by atoms with Crippen LogP contribution in [0.15, 0.2) is 0 Å². The first-order valence-corrected chi connectivity index (χ1v) is 4.49. The normalized spacial score (nSPS) is 21.8. The molecule has 1 fully saturated rings. The van der Waals surface area contributed by atoms with E-state index in [9.17, 15) is 26.7 Å². The maximum atomic E-state index is 12.4. The summed E-state index contributed by atoms with van der Waals surface area (Å²) in [5, 5.41) is 9.50. The number of aliphatic carboxylic acids is 1. The third kappa shape index (κ3) is 5.75. The summed E-state index contributed by atoms with van der Waals surface area (Å²) in [5.74, 6) is -6.14. The minimum absolute atomic E-state index is 0.438. The molecule has 0 spiro atoms. The van der Waals surface area contributed by atoms with Gasteiger partial charge in [-0.2, -0.15) is 13.2 Å². The van der Waals surface area contributed by atoms with E-state index < -0.39 is 43.0 Å². The van der Waals surface area contributed by atoms with Crippen LogP contribution in [0.4, 0.5) is 22.0 Å². The molecule has 1 atom stereocenters. The molecule has 0 bridgehead atoms. The van der Waals surface area contributed by atoms with Gasteiger partial charge in [-0.05, 0) is 0 Å². The van der Waals surface area contributed by atoms with Crippen molar-refractivity contribution in [1.29, 1.82) is 0 Å². The summed E-state index contributed by atoms with van der Waals surface area (Å²) in [6.07, 6.45) is -5.54. The molecule has 1 rings (SSSR count). The number of alkyl halides is 5. The fourth-order valence-corrected chi connectivity index (χ4v) is 1.02. The lowest BCUT2D eigenvalue weighted by atomic mass is 10.2. The van der Waals surface area contributed by atoms with E-state index in [-0.39, 0.29) is 0 Å². The van der Waals surface area contributed by atoms with Crippen LogP contribution in [0.5, 0.6) is 0 Å². The average Bonchev–Trinajstić information content (AvgIpc) is 2.57. The number of carboxylic acid groups (broad SMARTS) is 1. The molecule has 0 unspecified atom stereocenters. The Kier molecular flexibility index (Phi) is 5.46. The fourth-order valence-electron chi connectivity index (χ4n) is 1.02. The molecule has 1 aliphatic rings. The largest absolute Gasteiger partial charge is 0.490 e. The molecule has 2 N–H and O–H groups in total. The van der Waals surface area contributed by atoms with Crippen LogP contribution in [0, 0.1) is 0 Å². The maximum absolute atomic E-state index is 12.4. The van der Waals surface area contributed by atoms with Gasteiger partial charge in [-0.1, -0.05) is 0 Å². The van der Waals surface area contributed by atoms with E-state index in [1.165, 1.54) is 7.11 Å². The first-order chi connectivity index (χ1) is 7.99. The molecule has 5 nitrogen and oxygen atoms in total. The van der Waals surface area contributed by atoms with Crippen LogP contribution in [0.25, 0.3) is 0 Å². The third-order valence-corrected chi connectivity index (χ3v) is 1.84. The summed E-state index contributed by atoms with van der Waals surface area (Å²) in [5.41, 5.74) is 0. The van der Waals surface area contributed by atoms with Gasteiger partial charge in [0.15, 0.2) is 0 Å². The predicted molar refractivity (Wildman–Crippen MR) is 47.1 cm³/mol. The summed E-state index contributed by atoms with van der Waals surface area (Å²) in [4.78, 5) is 19.6. The second-order valence-electron chi connectivity index (χ2n) is 3.32. The quantitative estimate of drug-likeness (QED) is 0.548. The topological polar surface area (TPSA) is 75.6 Å². The third-order valence-electron chi connectivity index (χ3n) is 1.84. The van der Waals surface area contributed by atoms with E-state index in [1.807, 2.05) is 0 Å². The van der Waals surface area contributed by atoms with Gasteiger partial charge in [-0.3, -0.25) is 10.1 Å². The number of ether oxygens (including phenoxy) is 1. The number of carbonyl (C=O) groups excluding carboxylic acids is 1. The lowest BCUT2D eigenvalue weighted by Crippen LogP contribution is -2.31. The van der Waals surface area contributed by atoms with Crippen molar-refractivity contribution in [1.82, 2.24) is 5.32 Å². The Bertz CT molecular complexity index is 317. The van der Waals surface area contributed by atoms with Crippen LogP contribution >= 0.6 is 0 Å². The lowest BCUT2D eigenvalue weighted by molar-refractivity contribution is -0.192. The van der Waals surface area contributed by atoms with Crippen LogP contribution in [-0.2, 0) is 14.3 Å². The first-order valence-electron chi connectivity index (χ1n) is 4.49. The molecule has 1 saturated heterocycles. The van der Waals surface area contributed by atoms with Crippen molar-refractivity contribution in [3.63, 3.8) is 0 Å². The van der Waals surface area contributed by atoms with Gasteiger partial charge >= 0.3 is 18.1 Å². The summed E-state index contributed by atoms with van der Waals surface area (Å²) < 4.78 is 60.9. The molecule has 0 aromatic rings. The second-order valence-corrected chi connectivity index (χ2v) is 3.32. The van der Waals surface area contributed by atoms with Crippen LogP contribution < -0.4 is 5.32 Å². The molecule has 0 aromatic heterocycles. The highest BCUT2D eigenvalue weighted by Gasteiger charge is 2.42. The Labute approximate surface area is 97.9 Å². The molecule has 10 heteroatoms. The van der Waals surface area contributed by atoms with Crippen molar-refractivity contribution in [3.05, 3.63) is 0 Å². The Balaban J connectivity index is 0.000000360. The maximum Gasteiger partial charge on any atom is 0.490 e. The van der Waals surface area contributed by atoms with Crippen molar-refractivity contribution >= 4 is 11.9 Å². The lowest BCUT2D eigenvalue weighted by Gasteiger charge is -2.06. The Hall–Kier alpha value is -1.45. The fraction of sp³-hybridized carbons (Fsp3) is 0.750. The van der Waals surface area contributed by atoms with Crippen LogP contribution in [-0.4, -0.2) is 48.8 Å². The molecule has 0 amide bonds. The molecular formula is C8H10F5NO4. The van der Waals surface area contributed by atoms with Gasteiger partial charge in [0, 0.05) is 6.42 Å². The number of nitrogens with one attached hydrogen (secondary N) is 1. The molecule has 0 radical (unpaired) electrons. The highest BCUT2D eigenvalue weighted by atomic mass is 19.4. The standard InChI is InChI=1S/C6H9F2NO2.C2HF3O2/c1-11-5(10)4-2-6(7,8)3-9-4;3-2(4,5)1(6)7/h4,9H,2-3H2,1H3;(H,6,7)/t4-;/m0./s1. The minimum Gasteiger partial charge on any atom is -0.475 e. The predicted octanol–water partition coefficient (Wildman–Crippen LogP) is 0.790. The molecule has 106 valence electrons. The van der Waals surface area contributed by atoms with Crippen molar-refractivity contribution < 1.29 is 41.4 Å². The molecule has 0 aromatic carbocycles. The number of methoxy groups -OCH3 is 1. The van der Waals surface area contributed by atoms with Crippen molar-refractivity contribution in [2.75, 3.05) is 13.7 Å².